The van der Waals surface area contributed by atoms with Gasteiger partial charge in [0.1, 0.15) is 5.75 Å². The summed E-state index contributed by atoms with van der Waals surface area (Å²) in [7, 11) is 0. The second kappa shape index (κ2) is 15.8. The highest BCUT2D eigenvalue weighted by Gasteiger charge is 2.21. The van der Waals surface area contributed by atoms with Crippen molar-refractivity contribution in [3.63, 3.8) is 0 Å². The molecular weight excluding hydrogens is 400 g/mol. The van der Waals surface area contributed by atoms with Gasteiger partial charge in [-0.1, -0.05) is 122 Å². The average Bonchev–Trinajstić information content (AvgIpc) is 2.87. The van der Waals surface area contributed by atoms with Crippen LogP contribution < -0.4 is 4.74 Å². The van der Waals surface area contributed by atoms with Crippen LogP contribution in [0.15, 0.2) is 24.3 Å². The Kier molecular flexibility index (Phi) is 12.8. The normalized spacial score (nSPS) is 25.8. The van der Waals surface area contributed by atoms with Gasteiger partial charge in [0.15, 0.2) is 0 Å². The average molecular weight is 455 g/mol. The Morgan fingerprint density at radius 2 is 1.15 bits per heavy atom. The smallest absolute Gasteiger partial charge is 0.119 e. The van der Waals surface area contributed by atoms with Crippen molar-refractivity contribution in [1.82, 2.24) is 0 Å². The summed E-state index contributed by atoms with van der Waals surface area (Å²) in [6.45, 7) is 5.55. The van der Waals surface area contributed by atoms with E-state index in [1.165, 1.54) is 128 Å². The summed E-state index contributed by atoms with van der Waals surface area (Å²) in [5.74, 6) is 5.03. The lowest BCUT2D eigenvalue weighted by molar-refractivity contribution is 0.228. The van der Waals surface area contributed by atoms with E-state index in [1.807, 2.05) is 0 Å². The van der Waals surface area contributed by atoms with Gasteiger partial charge in [0.25, 0.3) is 0 Å². The van der Waals surface area contributed by atoms with Gasteiger partial charge in [-0.25, -0.2) is 0 Å². The number of rotatable bonds is 15. The first kappa shape index (κ1) is 26.6. The van der Waals surface area contributed by atoms with Gasteiger partial charge in [-0.2, -0.15) is 0 Å². The largest absolute Gasteiger partial charge is 0.494 e. The van der Waals surface area contributed by atoms with E-state index in [2.05, 4.69) is 38.1 Å². The van der Waals surface area contributed by atoms with Crippen LogP contribution >= 0.6 is 0 Å². The summed E-state index contributed by atoms with van der Waals surface area (Å²) in [5.41, 5.74) is 1.49. The van der Waals surface area contributed by atoms with Crippen molar-refractivity contribution in [2.24, 2.45) is 23.7 Å². The maximum Gasteiger partial charge on any atom is 0.119 e. The molecule has 0 atom stereocenters. The van der Waals surface area contributed by atoms with Gasteiger partial charge in [0, 0.05) is 0 Å². The number of hydrogen-bond acceptors (Lipinski definition) is 1. The second-order valence-electron chi connectivity index (χ2n) is 11.6. The highest BCUT2D eigenvalue weighted by Crippen LogP contribution is 2.35. The van der Waals surface area contributed by atoms with Crippen LogP contribution in [0.3, 0.4) is 0 Å². The lowest BCUT2D eigenvalue weighted by atomic mass is 9.78. The van der Waals surface area contributed by atoms with Crippen LogP contribution in [-0.2, 0) is 6.42 Å². The zero-order valence-electron chi connectivity index (χ0n) is 22.2. The van der Waals surface area contributed by atoms with Crippen molar-refractivity contribution in [2.75, 3.05) is 6.61 Å². The van der Waals surface area contributed by atoms with Crippen LogP contribution in [0.2, 0.25) is 0 Å². The van der Waals surface area contributed by atoms with E-state index in [4.69, 9.17) is 4.74 Å². The molecule has 1 nitrogen and oxygen atoms in total. The van der Waals surface area contributed by atoms with Crippen molar-refractivity contribution in [3.8, 4) is 5.75 Å². The molecule has 188 valence electrons. The summed E-state index contributed by atoms with van der Waals surface area (Å²) in [6.07, 6.45) is 27.0. The molecular formula is C32H54O. The summed E-state index contributed by atoms with van der Waals surface area (Å²) in [6, 6.07) is 9.01. The molecule has 0 bridgehead atoms. The number of unbranched alkanes of at least 4 members (excludes halogenated alkanes) is 4. The van der Waals surface area contributed by atoms with Crippen LogP contribution in [0.4, 0.5) is 0 Å². The van der Waals surface area contributed by atoms with Crippen LogP contribution in [-0.4, -0.2) is 6.61 Å². The minimum absolute atomic E-state index is 0.886. The highest BCUT2D eigenvalue weighted by molar-refractivity contribution is 5.27. The molecule has 0 aromatic heterocycles. The van der Waals surface area contributed by atoms with Crippen LogP contribution in [0.25, 0.3) is 0 Å². The first-order chi connectivity index (χ1) is 16.3. The van der Waals surface area contributed by atoms with Gasteiger partial charge in [-0.05, 0) is 67.1 Å². The number of hydrogen-bond donors (Lipinski definition) is 0. The zero-order chi connectivity index (χ0) is 23.1. The molecule has 0 radical (unpaired) electrons. The molecule has 0 saturated heterocycles. The van der Waals surface area contributed by atoms with Crippen LogP contribution in [0.1, 0.15) is 135 Å². The molecule has 0 unspecified atom stereocenters. The lowest BCUT2D eigenvalue weighted by Gasteiger charge is -2.28. The quantitative estimate of drug-likeness (QED) is 0.239. The summed E-state index contributed by atoms with van der Waals surface area (Å²) >= 11 is 0. The lowest BCUT2D eigenvalue weighted by Crippen LogP contribution is -2.15. The fourth-order valence-corrected chi connectivity index (χ4v) is 6.46. The van der Waals surface area contributed by atoms with Crippen molar-refractivity contribution < 1.29 is 4.74 Å². The molecule has 0 aliphatic heterocycles. The van der Waals surface area contributed by atoms with Gasteiger partial charge >= 0.3 is 0 Å². The molecule has 2 fully saturated rings. The van der Waals surface area contributed by atoms with Crippen molar-refractivity contribution in [3.05, 3.63) is 29.8 Å². The Hall–Kier alpha value is -0.980. The maximum atomic E-state index is 6.08. The molecule has 0 heterocycles. The van der Waals surface area contributed by atoms with E-state index in [9.17, 15) is 0 Å². The fraction of sp³-hybridized carbons (Fsp3) is 0.812. The first-order valence-electron chi connectivity index (χ1n) is 15.0. The summed E-state index contributed by atoms with van der Waals surface area (Å²) in [4.78, 5) is 0. The molecule has 1 aromatic carbocycles. The van der Waals surface area contributed by atoms with E-state index < -0.39 is 0 Å². The number of aryl methyl sites for hydroxylation is 1. The van der Waals surface area contributed by atoms with E-state index in [0.29, 0.717) is 0 Å². The predicted molar refractivity (Wildman–Crippen MR) is 144 cm³/mol. The van der Waals surface area contributed by atoms with Gasteiger partial charge in [0.2, 0.25) is 0 Å². The Bertz CT molecular complexity index is 589. The van der Waals surface area contributed by atoms with Gasteiger partial charge in [0.05, 0.1) is 6.61 Å². The standard InChI is InChI=1S/C32H54O/c1-3-5-6-7-8-10-28-16-18-29(19-17-28)11-9-26-33-32-24-22-31(23-25-32)21-20-30-14-12-27(4-2)13-15-30/h22-25,27-30H,3-21,26H2,1-2H3/t27-,28-,29-,30-. The molecule has 0 spiro atoms. The molecule has 0 amide bonds. The van der Waals surface area contributed by atoms with Crippen LogP contribution in [0.5, 0.6) is 5.75 Å². The highest BCUT2D eigenvalue weighted by atomic mass is 16.5. The zero-order valence-corrected chi connectivity index (χ0v) is 22.2. The van der Waals surface area contributed by atoms with E-state index >= 15 is 0 Å². The Balaban J connectivity index is 1.20. The number of ether oxygens (including phenoxy) is 1. The topological polar surface area (TPSA) is 9.23 Å². The maximum absolute atomic E-state index is 6.08. The molecule has 2 saturated carbocycles. The monoisotopic (exact) mass is 454 g/mol. The third-order valence-electron chi connectivity index (χ3n) is 9.02. The molecule has 0 N–H and O–H groups in total. The third kappa shape index (κ3) is 10.4. The SMILES string of the molecule is CCCCCCC[C@H]1CC[C@H](CCCOc2ccc(CC[C@H]3CC[C@H](CC)CC3)cc2)CC1. The minimum Gasteiger partial charge on any atom is -0.494 e. The first-order valence-corrected chi connectivity index (χ1v) is 15.0. The minimum atomic E-state index is 0.886. The second-order valence-corrected chi connectivity index (χ2v) is 11.6. The number of benzene rings is 1. The predicted octanol–water partition coefficient (Wildman–Crippen LogP) is 10.2. The molecule has 33 heavy (non-hydrogen) atoms. The Morgan fingerprint density at radius 3 is 1.76 bits per heavy atom. The van der Waals surface area contributed by atoms with E-state index in [0.717, 1.165) is 36.0 Å². The van der Waals surface area contributed by atoms with Gasteiger partial charge in [-0.15, -0.1) is 0 Å². The van der Waals surface area contributed by atoms with E-state index in [-0.39, 0.29) is 0 Å². The Morgan fingerprint density at radius 1 is 0.606 bits per heavy atom. The fourth-order valence-electron chi connectivity index (χ4n) is 6.46. The molecule has 3 rings (SSSR count). The van der Waals surface area contributed by atoms with Gasteiger partial charge in [-0.3, -0.25) is 0 Å². The van der Waals surface area contributed by atoms with Crippen molar-refractivity contribution >= 4 is 0 Å². The molecule has 1 aromatic rings. The molecule has 1 heteroatoms. The summed E-state index contributed by atoms with van der Waals surface area (Å²) < 4.78 is 6.08. The Labute approximate surface area is 206 Å². The van der Waals surface area contributed by atoms with Gasteiger partial charge < -0.3 is 4.74 Å². The van der Waals surface area contributed by atoms with Crippen molar-refractivity contribution in [1.29, 1.82) is 0 Å². The molecule has 2 aliphatic rings. The van der Waals surface area contributed by atoms with E-state index in [1.54, 1.807) is 0 Å². The van der Waals surface area contributed by atoms with Crippen molar-refractivity contribution in [2.45, 2.75) is 136 Å². The molecule has 2 aliphatic carbocycles. The third-order valence-corrected chi connectivity index (χ3v) is 9.02. The van der Waals surface area contributed by atoms with Crippen LogP contribution in [0, 0.1) is 23.7 Å². The summed E-state index contributed by atoms with van der Waals surface area (Å²) in [5, 5.41) is 0.